The third-order valence-electron chi connectivity index (χ3n) is 4.35. The molecule has 3 N–H and O–H groups in total. The van der Waals surface area contributed by atoms with Crippen LogP contribution in [0.1, 0.15) is 29.6 Å². The minimum atomic E-state index is -0.849. The van der Waals surface area contributed by atoms with Gasteiger partial charge in [-0.1, -0.05) is 58.4 Å². The molecule has 0 spiro atoms. The van der Waals surface area contributed by atoms with E-state index in [2.05, 4.69) is 32.1 Å². The SMILES string of the molecule is COC(=O)C(NC(=O)C1CC(c2ccccc2)NN1)c1ccc(Br)cc1. The van der Waals surface area contributed by atoms with Crippen LogP contribution >= 0.6 is 15.9 Å². The highest BCUT2D eigenvalue weighted by Gasteiger charge is 2.33. The Hall–Kier alpha value is -2.22. The van der Waals surface area contributed by atoms with Crippen molar-refractivity contribution in [2.45, 2.75) is 24.5 Å². The number of hydrazine groups is 1. The summed E-state index contributed by atoms with van der Waals surface area (Å²) in [7, 11) is 1.31. The van der Waals surface area contributed by atoms with Gasteiger partial charge in [-0.2, -0.15) is 0 Å². The molecule has 2 aromatic rings. The van der Waals surface area contributed by atoms with Gasteiger partial charge in [-0.05, 0) is 29.7 Å². The molecule has 1 aliphatic rings. The third-order valence-corrected chi connectivity index (χ3v) is 4.88. The summed E-state index contributed by atoms with van der Waals surface area (Å²) in [6, 6.07) is 15.8. The monoisotopic (exact) mass is 417 g/mol. The zero-order chi connectivity index (χ0) is 18.5. The van der Waals surface area contributed by atoms with Crippen LogP contribution in [0, 0.1) is 0 Å². The van der Waals surface area contributed by atoms with Crippen LogP contribution in [-0.2, 0) is 14.3 Å². The highest BCUT2D eigenvalue weighted by atomic mass is 79.9. The molecule has 3 rings (SSSR count). The molecule has 0 aromatic heterocycles. The number of esters is 1. The van der Waals surface area contributed by atoms with Crippen LogP contribution in [0.15, 0.2) is 59.1 Å². The highest BCUT2D eigenvalue weighted by molar-refractivity contribution is 9.10. The average Bonchev–Trinajstić information content (AvgIpc) is 3.17. The van der Waals surface area contributed by atoms with Crippen molar-refractivity contribution in [2.24, 2.45) is 0 Å². The molecule has 0 bridgehead atoms. The van der Waals surface area contributed by atoms with Crippen molar-refractivity contribution in [3.8, 4) is 0 Å². The number of carbonyl (C=O) groups excluding carboxylic acids is 2. The Labute approximate surface area is 160 Å². The number of halogens is 1. The van der Waals surface area contributed by atoms with Crippen molar-refractivity contribution in [1.82, 2.24) is 16.2 Å². The summed E-state index contributed by atoms with van der Waals surface area (Å²) in [4.78, 5) is 24.8. The number of benzene rings is 2. The molecule has 6 nitrogen and oxygen atoms in total. The van der Waals surface area contributed by atoms with Crippen LogP contribution < -0.4 is 16.2 Å². The van der Waals surface area contributed by atoms with Crippen molar-refractivity contribution in [3.63, 3.8) is 0 Å². The molecule has 0 aliphatic carbocycles. The zero-order valence-corrected chi connectivity index (χ0v) is 15.8. The Bertz CT molecular complexity index is 767. The van der Waals surface area contributed by atoms with E-state index < -0.39 is 18.1 Å². The molecule has 3 atom stereocenters. The van der Waals surface area contributed by atoms with E-state index >= 15 is 0 Å². The summed E-state index contributed by atoms with van der Waals surface area (Å²) in [5, 5.41) is 2.79. The van der Waals surface area contributed by atoms with Gasteiger partial charge in [0.2, 0.25) is 5.91 Å². The number of hydrogen-bond donors (Lipinski definition) is 3. The summed E-state index contributed by atoms with van der Waals surface area (Å²) in [5.41, 5.74) is 7.91. The van der Waals surface area contributed by atoms with E-state index in [1.165, 1.54) is 7.11 Å². The van der Waals surface area contributed by atoms with Gasteiger partial charge in [0, 0.05) is 10.5 Å². The second kappa shape index (κ2) is 8.44. The lowest BCUT2D eigenvalue weighted by atomic mass is 10.0. The number of ether oxygens (including phenoxy) is 1. The van der Waals surface area contributed by atoms with Crippen molar-refractivity contribution < 1.29 is 14.3 Å². The Balaban J connectivity index is 1.68. The number of nitrogens with one attached hydrogen (secondary N) is 3. The number of rotatable bonds is 5. The van der Waals surface area contributed by atoms with E-state index in [0.29, 0.717) is 12.0 Å². The first kappa shape index (κ1) is 18.6. The summed E-state index contributed by atoms with van der Waals surface area (Å²) in [6.45, 7) is 0. The van der Waals surface area contributed by atoms with Crippen LogP contribution in [0.3, 0.4) is 0 Å². The topological polar surface area (TPSA) is 79.5 Å². The molecule has 0 saturated carbocycles. The van der Waals surface area contributed by atoms with E-state index in [1.54, 1.807) is 12.1 Å². The van der Waals surface area contributed by atoms with Gasteiger partial charge in [0.15, 0.2) is 6.04 Å². The second-order valence-electron chi connectivity index (χ2n) is 6.06. The van der Waals surface area contributed by atoms with Gasteiger partial charge >= 0.3 is 5.97 Å². The number of methoxy groups -OCH3 is 1. The molecule has 1 heterocycles. The minimum Gasteiger partial charge on any atom is -0.467 e. The third kappa shape index (κ3) is 4.30. The summed E-state index contributed by atoms with van der Waals surface area (Å²) < 4.78 is 5.74. The molecule has 7 heteroatoms. The first-order chi connectivity index (χ1) is 12.6. The molecule has 3 unspecified atom stereocenters. The fourth-order valence-corrected chi connectivity index (χ4v) is 3.19. The standard InChI is InChI=1S/C19H20BrN3O3/c1-26-19(25)17(13-7-9-14(20)10-8-13)21-18(24)16-11-15(22-23-16)12-5-3-2-4-6-12/h2-10,15-17,22-23H,11H2,1H3,(H,21,24). The van der Waals surface area contributed by atoms with Gasteiger partial charge in [0.25, 0.3) is 0 Å². The summed E-state index contributed by atoms with van der Waals surface area (Å²) >= 11 is 3.36. The smallest absolute Gasteiger partial charge is 0.333 e. The first-order valence-electron chi connectivity index (χ1n) is 8.28. The van der Waals surface area contributed by atoms with Crippen molar-refractivity contribution in [3.05, 3.63) is 70.2 Å². The molecule has 1 saturated heterocycles. The largest absolute Gasteiger partial charge is 0.467 e. The quantitative estimate of drug-likeness (QED) is 0.650. The van der Waals surface area contributed by atoms with Gasteiger partial charge < -0.3 is 10.1 Å². The Morgan fingerprint density at radius 3 is 2.46 bits per heavy atom. The molecule has 1 fully saturated rings. The van der Waals surface area contributed by atoms with Crippen LogP contribution in [0.2, 0.25) is 0 Å². The highest BCUT2D eigenvalue weighted by Crippen LogP contribution is 2.23. The Kier molecular flexibility index (Phi) is 6.03. The van der Waals surface area contributed by atoms with E-state index in [0.717, 1.165) is 10.0 Å². The van der Waals surface area contributed by atoms with Gasteiger partial charge in [0.1, 0.15) is 6.04 Å². The maximum atomic E-state index is 12.7. The molecule has 1 amide bonds. The lowest BCUT2D eigenvalue weighted by molar-refractivity contribution is -0.145. The van der Waals surface area contributed by atoms with Crippen LogP contribution in [-0.4, -0.2) is 25.0 Å². The number of carbonyl (C=O) groups is 2. The minimum absolute atomic E-state index is 0.0382. The predicted octanol–water partition coefficient (Wildman–Crippen LogP) is 2.39. The number of hydrogen-bond acceptors (Lipinski definition) is 5. The molecule has 1 aliphatic heterocycles. The van der Waals surface area contributed by atoms with Crippen molar-refractivity contribution in [1.29, 1.82) is 0 Å². The average molecular weight is 418 g/mol. The zero-order valence-electron chi connectivity index (χ0n) is 14.2. The van der Waals surface area contributed by atoms with E-state index in [1.807, 2.05) is 42.5 Å². The van der Waals surface area contributed by atoms with Gasteiger partial charge in [-0.15, -0.1) is 0 Å². The Morgan fingerprint density at radius 2 is 1.81 bits per heavy atom. The second-order valence-corrected chi connectivity index (χ2v) is 6.97. The van der Waals surface area contributed by atoms with Gasteiger partial charge in [0.05, 0.1) is 7.11 Å². The lowest BCUT2D eigenvalue weighted by Gasteiger charge is -2.19. The van der Waals surface area contributed by atoms with Gasteiger partial charge in [-0.3, -0.25) is 4.79 Å². The van der Waals surface area contributed by atoms with Crippen molar-refractivity contribution in [2.75, 3.05) is 7.11 Å². The molecule has 0 radical (unpaired) electrons. The molecule has 26 heavy (non-hydrogen) atoms. The summed E-state index contributed by atoms with van der Waals surface area (Å²) in [6.07, 6.45) is 0.587. The van der Waals surface area contributed by atoms with Gasteiger partial charge in [-0.25, -0.2) is 15.6 Å². The normalized spacial score (nSPS) is 20.4. The van der Waals surface area contributed by atoms with E-state index in [9.17, 15) is 9.59 Å². The maximum absolute atomic E-state index is 12.7. The maximum Gasteiger partial charge on any atom is 0.333 e. The van der Waals surface area contributed by atoms with Crippen LogP contribution in [0.4, 0.5) is 0 Å². The van der Waals surface area contributed by atoms with Crippen LogP contribution in [0.25, 0.3) is 0 Å². The molecule has 2 aromatic carbocycles. The predicted molar refractivity (Wildman–Crippen MR) is 101 cm³/mol. The molecular weight excluding hydrogens is 398 g/mol. The fraction of sp³-hybridized carbons (Fsp3) is 0.263. The van der Waals surface area contributed by atoms with Crippen LogP contribution in [0.5, 0.6) is 0 Å². The fourth-order valence-electron chi connectivity index (χ4n) is 2.93. The first-order valence-corrected chi connectivity index (χ1v) is 9.07. The summed E-state index contributed by atoms with van der Waals surface area (Å²) in [5.74, 6) is -0.763. The Morgan fingerprint density at radius 1 is 1.12 bits per heavy atom. The number of amides is 1. The lowest BCUT2D eigenvalue weighted by Crippen LogP contribution is -2.46. The van der Waals surface area contributed by atoms with E-state index in [-0.39, 0.29) is 11.9 Å². The van der Waals surface area contributed by atoms with E-state index in [4.69, 9.17) is 4.74 Å². The van der Waals surface area contributed by atoms with Crippen molar-refractivity contribution >= 4 is 27.8 Å². The molecular formula is C19H20BrN3O3. The molecule has 136 valence electrons.